The molecular formula is C31H28F3N5O5S. The van der Waals surface area contributed by atoms with E-state index in [1.54, 1.807) is 13.0 Å². The predicted molar refractivity (Wildman–Crippen MR) is 158 cm³/mol. The van der Waals surface area contributed by atoms with Crippen molar-refractivity contribution in [2.45, 2.75) is 39.8 Å². The second-order valence-electron chi connectivity index (χ2n) is 11.2. The number of fused-ring (bicyclic) bond motifs is 1. The Bertz CT molecular complexity index is 1910. The van der Waals surface area contributed by atoms with Crippen LogP contribution in [-0.4, -0.2) is 55.6 Å². The molecule has 1 aliphatic heterocycles. The predicted octanol–water partition coefficient (Wildman–Crippen LogP) is 6.23. The van der Waals surface area contributed by atoms with E-state index in [0.717, 1.165) is 29.5 Å². The van der Waals surface area contributed by atoms with Crippen LogP contribution in [0, 0.1) is 22.9 Å². The van der Waals surface area contributed by atoms with E-state index < -0.39 is 29.3 Å². The van der Waals surface area contributed by atoms with Gasteiger partial charge in [0.05, 0.1) is 48.2 Å². The molecule has 45 heavy (non-hydrogen) atoms. The van der Waals surface area contributed by atoms with E-state index in [4.69, 9.17) is 14.2 Å². The lowest BCUT2D eigenvalue weighted by Gasteiger charge is -2.28. The lowest BCUT2D eigenvalue weighted by Crippen LogP contribution is -2.27. The van der Waals surface area contributed by atoms with Crippen molar-refractivity contribution >= 4 is 28.3 Å². The second kappa shape index (κ2) is 12.1. The van der Waals surface area contributed by atoms with Crippen molar-refractivity contribution in [2.24, 2.45) is 5.41 Å². The van der Waals surface area contributed by atoms with Crippen LogP contribution >= 0.6 is 11.3 Å². The topological polar surface area (TPSA) is 121 Å². The SMILES string of the molecule is CCOc1nnc(COc2nc(-c3cc(F)c(Cc4nc5ccc(C(=O)O)cc5n4[C@@H]4COCC4(C)C)cc3F)ccc2F)s1. The highest BCUT2D eigenvalue weighted by Gasteiger charge is 2.39. The van der Waals surface area contributed by atoms with E-state index in [1.807, 2.05) is 18.4 Å². The van der Waals surface area contributed by atoms with Gasteiger partial charge in [0.1, 0.15) is 24.1 Å². The first-order valence-corrected chi connectivity index (χ1v) is 14.9. The molecule has 1 saturated heterocycles. The van der Waals surface area contributed by atoms with Gasteiger partial charge in [0.15, 0.2) is 10.8 Å². The van der Waals surface area contributed by atoms with Gasteiger partial charge in [-0.3, -0.25) is 0 Å². The number of hydrogen-bond donors (Lipinski definition) is 1. The summed E-state index contributed by atoms with van der Waals surface area (Å²) in [6.07, 6.45) is -0.0799. The molecule has 0 radical (unpaired) electrons. The molecule has 0 spiro atoms. The van der Waals surface area contributed by atoms with E-state index in [9.17, 15) is 14.3 Å². The van der Waals surface area contributed by atoms with Gasteiger partial charge >= 0.3 is 5.97 Å². The maximum Gasteiger partial charge on any atom is 0.335 e. The molecule has 0 unspecified atom stereocenters. The van der Waals surface area contributed by atoms with E-state index in [2.05, 4.69) is 20.2 Å². The minimum atomic E-state index is -1.09. The summed E-state index contributed by atoms with van der Waals surface area (Å²) >= 11 is 1.13. The van der Waals surface area contributed by atoms with Crippen LogP contribution in [0.15, 0.2) is 42.5 Å². The van der Waals surface area contributed by atoms with E-state index in [1.165, 1.54) is 18.2 Å². The van der Waals surface area contributed by atoms with Crippen molar-refractivity contribution in [3.63, 3.8) is 0 Å². The summed E-state index contributed by atoms with van der Waals surface area (Å²) in [5, 5.41) is 18.1. The quantitative estimate of drug-likeness (QED) is 0.190. The zero-order valence-electron chi connectivity index (χ0n) is 24.5. The van der Waals surface area contributed by atoms with E-state index in [-0.39, 0.29) is 46.9 Å². The fraction of sp³-hybridized carbons (Fsp3) is 0.323. The smallest absolute Gasteiger partial charge is 0.335 e. The van der Waals surface area contributed by atoms with Crippen LogP contribution in [0.2, 0.25) is 0 Å². The molecule has 1 N–H and O–H groups in total. The molecule has 0 bridgehead atoms. The maximum absolute atomic E-state index is 15.6. The van der Waals surface area contributed by atoms with Gasteiger partial charge in [-0.15, -0.1) is 5.10 Å². The Kier molecular flexibility index (Phi) is 8.18. The molecule has 1 atom stereocenters. The third-order valence-corrected chi connectivity index (χ3v) is 8.41. The van der Waals surface area contributed by atoms with Crippen molar-refractivity contribution < 1.29 is 37.3 Å². The number of pyridine rings is 1. The average Bonchev–Trinajstić information content (AvgIpc) is 3.70. The number of aromatic nitrogens is 5. The Morgan fingerprint density at radius 3 is 2.62 bits per heavy atom. The van der Waals surface area contributed by atoms with Crippen LogP contribution in [0.4, 0.5) is 13.2 Å². The Balaban J connectivity index is 1.31. The maximum atomic E-state index is 15.6. The van der Waals surface area contributed by atoms with Crippen LogP contribution in [-0.2, 0) is 17.8 Å². The van der Waals surface area contributed by atoms with Crippen LogP contribution in [0.25, 0.3) is 22.3 Å². The Labute approximate surface area is 259 Å². The zero-order valence-corrected chi connectivity index (χ0v) is 25.3. The van der Waals surface area contributed by atoms with Gasteiger partial charge in [-0.25, -0.2) is 27.9 Å². The number of halogens is 3. The van der Waals surface area contributed by atoms with Crippen LogP contribution < -0.4 is 9.47 Å². The fourth-order valence-corrected chi connectivity index (χ4v) is 5.96. The third kappa shape index (κ3) is 6.07. The molecule has 2 aromatic carbocycles. The number of imidazole rings is 1. The van der Waals surface area contributed by atoms with Gasteiger partial charge in [-0.1, -0.05) is 30.3 Å². The summed E-state index contributed by atoms with van der Waals surface area (Å²) in [6.45, 7) is 6.94. The van der Waals surface area contributed by atoms with Crippen molar-refractivity contribution in [1.29, 1.82) is 0 Å². The monoisotopic (exact) mass is 639 g/mol. The molecule has 234 valence electrons. The summed E-state index contributed by atoms with van der Waals surface area (Å²) in [7, 11) is 0. The molecule has 14 heteroatoms. The third-order valence-electron chi connectivity index (χ3n) is 7.60. The van der Waals surface area contributed by atoms with Gasteiger partial charge < -0.3 is 23.9 Å². The van der Waals surface area contributed by atoms with Gasteiger partial charge in [0.2, 0.25) is 0 Å². The number of rotatable bonds is 10. The summed E-state index contributed by atoms with van der Waals surface area (Å²) < 4.78 is 64.1. The Morgan fingerprint density at radius 1 is 1.07 bits per heavy atom. The highest BCUT2D eigenvalue weighted by Crippen LogP contribution is 2.40. The molecule has 3 aromatic heterocycles. The summed E-state index contributed by atoms with van der Waals surface area (Å²) in [5.74, 6) is -3.33. The Morgan fingerprint density at radius 2 is 1.89 bits per heavy atom. The van der Waals surface area contributed by atoms with Crippen molar-refractivity contribution in [2.75, 3.05) is 19.8 Å². The molecule has 10 nitrogen and oxygen atoms in total. The second-order valence-corrected chi connectivity index (χ2v) is 12.2. The lowest BCUT2D eigenvalue weighted by atomic mass is 9.87. The number of nitrogens with zero attached hydrogens (tertiary/aromatic N) is 5. The molecule has 1 fully saturated rings. The molecule has 4 heterocycles. The zero-order chi connectivity index (χ0) is 31.9. The molecule has 6 rings (SSSR count). The van der Waals surface area contributed by atoms with Gasteiger partial charge in [0.25, 0.3) is 11.1 Å². The van der Waals surface area contributed by atoms with Crippen molar-refractivity contribution in [3.05, 3.63) is 81.9 Å². The summed E-state index contributed by atoms with van der Waals surface area (Å²) in [4.78, 5) is 20.5. The lowest BCUT2D eigenvalue weighted by molar-refractivity contribution is 0.0697. The average molecular weight is 640 g/mol. The standard InChI is InChI=1S/C31H28F3N5O5S/c1-4-43-30-38-37-27(45-30)14-44-28-19(32)6-8-22(36-28)18-12-20(33)17(9-21(18)34)11-26-35-23-7-5-16(29(40)41)10-24(23)39(26)25-13-42-15-31(25,2)3/h5-10,12,25H,4,11,13-15H2,1-3H3,(H,40,41)/t25-/m1/s1. The minimum absolute atomic E-state index is 0.0279. The molecule has 0 amide bonds. The highest BCUT2D eigenvalue weighted by atomic mass is 32.1. The molecule has 1 aliphatic rings. The fourth-order valence-electron chi connectivity index (χ4n) is 5.30. The normalized spacial score (nSPS) is 15.9. The number of carbonyl (C=O) groups is 1. The van der Waals surface area contributed by atoms with Gasteiger partial charge in [-0.2, -0.15) is 0 Å². The summed E-state index contributed by atoms with van der Waals surface area (Å²) in [5.41, 5.74) is 0.675. The first kappa shape index (κ1) is 30.5. The van der Waals surface area contributed by atoms with Gasteiger partial charge in [0, 0.05) is 17.4 Å². The van der Waals surface area contributed by atoms with E-state index >= 15 is 8.78 Å². The molecule has 5 aromatic rings. The van der Waals surface area contributed by atoms with Gasteiger partial charge in [-0.05, 0) is 55.0 Å². The first-order valence-electron chi connectivity index (χ1n) is 14.1. The van der Waals surface area contributed by atoms with Crippen molar-refractivity contribution in [1.82, 2.24) is 24.7 Å². The van der Waals surface area contributed by atoms with Crippen molar-refractivity contribution in [3.8, 4) is 22.3 Å². The number of ether oxygens (including phenoxy) is 3. The number of aromatic carboxylic acids is 1. The molecule has 0 saturated carbocycles. The van der Waals surface area contributed by atoms with Crippen LogP contribution in [0.5, 0.6) is 11.1 Å². The van der Waals surface area contributed by atoms with Crippen LogP contribution in [0.1, 0.15) is 53.6 Å². The number of benzene rings is 2. The number of hydrogen-bond acceptors (Lipinski definition) is 9. The first-order chi connectivity index (χ1) is 21.5. The Hall–Kier alpha value is -4.56. The summed E-state index contributed by atoms with van der Waals surface area (Å²) in [6, 6.07) is 8.74. The number of carboxylic acid groups (broad SMARTS) is 1. The van der Waals surface area contributed by atoms with Crippen LogP contribution in [0.3, 0.4) is 0 Å². The minimum Gasteiger partial charge on any atom is -0.478 e. The van der Waals surface area contributed by atoms with E-state index in [0.29, 0.717) is 46.9 Å². The largest absolute Gasteiger partial charge is 0.478 e. The molecular weight excluding hydrogens is 611 g/mol. The number of carboxylic acids is 1. The highest BCUT2D eigenvalue weighted by molar-refractivity contribution is 7.13. The molecule has 0 aliphatic carbocycles.